The van der Waals surface area contributed by atoms with E-state index in [0.717, 1.165) is 13.0 Å². The Balaban J connectivity index is 2.07. The monoisotopic (exact) mass is 280 g/mol. The number of rotatable bonds is 3. The molecular formula is C14H20N2O4. The number of aliphatic hydroxyl groups is 1. The van der Waals surface area contributed by atoms with E-state index in [1.165, 1.54) is 18.2 Å². The number of nitrogens with zero attached hydrogens (tertiary/aromatic N) is 2. The molecule has 1 aromatic carbocycles. The van der Waals surface area contributed by atoms with Gasteiger partial charge in [-0.1, -0.05) is 0 Å². The summed E-state index contributed by atoms with van der Waals surface area (Å²) in [5.74, 6) is -0.434. The molecule has 20 heavy (non-hydrogen) atoms. The number of hydrogen-bond acceptors (Lipinski definition) is 5. The lowest BCUT2D eigenvalue weighted by Gasteiger charge is -2.22. The van der Waals surface area contributed by atoms with Crippen molar-refractivity contribution in [3.63, 3.8) is 0 Å². The Bertz CT molecular complexity index is 478. The topological polar surface area (TPSA) is 84.2 Å². The summed E-state index contributed by atoms with van der Waals surface area (Å²) in [7, 11) is 0. The number of phenols is 2. The third-order valence-electron chi connectivity index (χ3n) is 3.50. The minimum absolute atomic E-state index is 0.0390. The number of aliphatic hydroxyl groups excluding tert-OH is 1. The van der Waals surface area contributed by atoms with Crippen LogP contribution < -0.4 is 0 Å². The highest BCUT2D eigenvalue weighted by atomic mass is 16.3. The standard InChI is InChI=1S/C14H20N2O4/c17-9-8-15-4-1-5-16(7-6-15)14(20)12-10-11(18)2-3-13(12)19/h2-3,10,17-19H,1,4-9H2. The van der Waals surface area contributed by atoms with E-state index in [1.54, 1.807) is 4.90 Å². The number of β-amino-alcohol motifs (C(OH)–C–C–N with tert-alkyl or cyclic N) is 1. The van der Waals surface area contributed by atoms with Gasteiger partial charge < -0.3 is 20.2 Å². The molecule has 0 atom stereocenters. The Morgan fingerprint density at radius 3 is 2.70 bits per heavy atom. The maximum atomic E-state index is 12.4. The van der Waals surface area contributed by atoms with Crippen molar-refractivity contribution in [3.05, 3.63) is 23.8 Å². The van der Waals surface area contributed by atoms with Crippen LogP contribution in [0.15, 0.2) is 18.2 Å². The quantitative estimate of drug-likeness (QED) is 0.691. The SMILES string of the molecule is O=C(c1cc(O)ccc1O)N1CCCN(CCO)CC1. The molecule has 110 valence electrons. The molecule has 0 aromatic heterocycles. The summed E-state index contributed by atoms with van der Waals surface area (Å²) in [5, 5.41) is 28.1. The van der Waals surface area contributed by atoms with Gasteiger partial charge in [-0.05, 0) is 31.2 Å². The van der Waals surface area contributed by atoms with E-state index in [9.17, 15) is 15.0 Å². The lowest BCUT2D eigenvalue weighted by atomic mass is 10.1. The summed E-state index contributed by atoms with van der Waals surface area (Å²) in [5.41, 5.74) is 0.126. The molecule has 1 saturated heterocycles. The van der Waals surface area contributed by atoms with E-state index in [-0.39, 0.29) is 29.6 Å². The fourth-order valence-electron chi connectivity index (χ4n) is 2.40. The first-order valence-electron chi connectivity index (χ1n) is 6.76. The third-order valence-corrected chi connectivity index (χ3v) is 3.50. The van der Waals surface area contributed by atoms with Crippen LogP contribution in [0.25, 0.3) is 0 Å². The first kappa shape index (κ1) is 14.6. The Morgan fingerprint density at radius 1 is 1.15 bits per heavy atom. The van der Waals surface area contributed by atoms with Crippen molar-refractivity contribution in [3.8, 4) is 11.5 Å². The summed E-state index contributed by atoms with van der Waals surface area (Å²) in [6.07, 6.45) is 0.825. The van der Waals surface area contributed by atoms with Crippen LogP contribution in [-0.2, 0) is 0 Å². The molecule has 0 unspecified atom stereocenters. The Kier molecular flexibility index (Phi) is 4.81. The molecular weight excluding hydrogens is 260 g/mol. The minimum atomic E-state index is -0.274. The van der Waals surface area contributed by atoms with Crippen molar-refractivity contribution in [2.24, 2.45) is 0 Å². The summed E-state index contributed by atoms with van der Waals surface area (Å²) in [6.45, 7) is 3.42. The van der Waals surface area contributed by atoms with Crippen LogP contribution in [0.2, 0.25) is 0 Å². The largest absolute Gasteiger partial charge is 0.508 e. The summed E-state index contributed by atoms with van der Waals surface area (Å²) >= 11 is 0. The summed E-state index contributed by atoms with van der Waals surface area (Å²) in [4.78, 5) is 16.2. The second-order valence-corrected chi connectivity index (χ2v) is 4.91. The predicted octanol–water partition coefficient (Wildman–Crippen LogP) is 0.238. The Labute approximate surface area is 117 Å². The van der Waals surface area contributed by atoms with Gasteiger partial charge in [0.05, 0.1) is 12.2 Å². The van der Waals surface area contributed by atoms with Crippen LogP contribution in [-0.4, -0.2) is 70.4 Å². The maximum Gasteiger partial charge on any atom is 0.257 e. The zero-order valence-electron chi connectivity index (χ0n) is 11.3. The molecule has 1 aliphatic heterocycles. The highest BCUT2D eigenvalue weighted by molar-refractivity contribution is 5.97. The van der Waals surface area contributed by atoms with Crippen LogP contribution in [0.1, 0.15) is 16.8 Å². The van der Waals surface area contributed by atoms with E-state index < -0.39 is 0 Å². The average Bonchev–Trinajstić information content (AvgIpc) is 2.67. The average molecular weight is 280 g/mol. The van der Waals surface area contributed by atoms with Crippen molar-refractivity contribution in [1.82, 2.24) is 9.80 Å². The van der Waals surface area contributed by atoms with Gasteiger partial charge in [-0.15, -0.1) is 0 Å². The van der Waals surface area contributed by atoms with E-state index in [4.69, 9.17) is 5.11 Å². The Morgan fingerprint density at radius 2 is 1.95 bits per heavy atom. The molecule has 0 radical (unpaired) electrons. The van der Waals surface area contributed by atoms with E-state index in [0.29, 0.717) is 26.2 Å². The van der Waals surface area contributed by atoms with Gasteiger partial charge >= 0.3 is 0 Å². The number of aromatic hydroxyl groups is 2. The molecule has 0 saturated carbocycles. The van der Waals surface area contributed by atoms with Crippen molar-refractivity contribution < 1.29 is 20.1 Å². The van der Waals surface area contributed by atoms with Crippen molar-refractivity contribution in [1.29, 1.82) is 0 Å². The van der Waals surface area contributed by atoms with Crippen LogP contribution in [0.4, 0.5) is 0 Å². The van der Waals surface area contributed by atoms with Gasteiger partial charge in [-0.25, -0.2) is 0 Å². The number of amides is 1. The molecule has 1 heterocycles. The first-order valence-corrected chi connectivity index (χ1v) is 6.76. The van der Waals surface area contributed by atoms with Gasteiger partial charge in [-0.2, -0.15) is 0 Å². The van der Waals surface area contributed by atoms with Gasteiger partial charge in [0.2, 0.25) is 0 Å². The molecule has 6 heteroatoms. The number of carbonyl (C=O) groups excluding carboxylic acids is 1. The zero-order valence-corrected chi connectivity index (χ0v) is 11.3. The van der Waals surface area contributed by atoms with Crippen LogP contribution in [0, 0.1) is 0 Å². The number of benzene rings is 1. The maximum absolute atomic E-state index is 12.4. The van der Waals surface area contributed by atoms with Gasteiger partial charge in [0.15, 0.2) is 0 Å². The van der Waals surface area contributed by atoms with Gasteiger partial charge in [0, 0.05) is 26.2 Å². The lowest BCUT2D eigenvalue weighted by Crippen LogP contribution is -2.35. The molecule has 1 aromatic rings. The lowest BCUT2D eigenvalue weighted by molar-refractivity contribution is 0.0757. The first-order chi connectivity index (χ1) is 9.61. The number of carbonyl (C=O) groups is 1. The van der Waals surface area contributed by atoms with Crippen LogP contribution in [0.5, 0.6) is 11.5 Å². The van der Waals surface area contributed by atoms with Crippen LogP contribution >= 0.6 is 0 Å². The molecule has 3 N–H and O–H groups in total. The summed E-state index contributed by atoms with van der Waals surface area (Å²) in [6, 6.07) is 3.95. The van der Waals surface area contributed by atoms with E-state index in [2.05, 4.69) is 4.90 Å². The van der Waals surface area contributed by atoms with Crippen molar-refractivity contribution in [2.75, 3.05) is 39.3 Å². The normalized spacial score (nSPS) is 16.9. The van der Waals surface area contributed by atoms with Crippen LogP contribution in [0.3, 0.4) is 0 Å². The molecule has 2 rings (SSSR count). The molecule has 1 aliphatic rings. The predicted molar refractivity (Wildman–Crippen MR) is 73.8 cm³/mol. The highest BCUT2D eigenvalue weighted by Gasteiger charge is 2.22. The summed E-state index contributed by atoms with van der Waals surface area (Å²) < 4.78 is 0. The van der Waals surface area contributed by atoms with Gasteiger partial charge in [-0.3, -0.25) is 9.69 Å². The molecule has 0 aliphatic carbocycles. The molecule has 1 fully saturated rings. The molecule has 0 spiro atoms. The number of phenolic OH excluding ortho intramolecular Hbond substituents is 2. The number of hydrogen-bond donors (Lipinski definition) is 3. The Hall–Kier alpha value is -1.79. The van der Waals surface area contributed by atoms with E-state index >= 15 is 0 Å². The second-order valence-electron chi connectivity index (χ2n) is 4.91. The molecule has 0 bridgehead atoms. The fraction of sp³-hybridized carbons (Fsp3) is 0.500. The fourth-order valence-corrected chi connectivity index (χ4v) is 2.40. The highest BCUT2D eigenvalue weighted by Crippen LogP contribution is 2.24. The molecule has 1 amide bonds. The second kappa shape index (κ2) is 6.58. The smallest absolute Gasteiger partial charge is 0.257 e. The molecule has 6 nitrogen and oxygen atoms in total. The van der Waals surface area contributed by atoms with Gasteiger partial charge in [0.25, 0.3) is 5.91 Å². The van der Waals surface area contributed by atoms with Crippen molar-refractivity contribution in [2.45, 2.75) is 6.42 Å². The van der Waals surface area contributed by atoms with Crippen molar-refractivity contribution >= 4 is 5.91 Å². The van der Waals surface area contributed by atoms with Gasteiger partial charge in [0.1, 0.15) is 11.5 Å². The zero-order chi connectivity index (χ0) is 14.5. The minimum Gasteiger partial charge on any atom is -0.508 e. The third kappa shape index (κ3) is 3.40. The van der Waals surface area contributed by atoms with E-state index in [1.807, 2.05) is 0 Å².